The molecule has 0 spiro atoms. The minimum absolute atomic E-state index is 0.484. The minimum Gasteiger partial charge on any atom is -0.110 e. The first-order valence-corrected chi connectivity index (χ1v) is 3.04. The maximum Gasteiger partial charge on any atom is 0.0786 e. The van der Waals surface area contributed by atoms with Gasteiger partial charge in [0.25, 0.3) is 0 Å². The lowest BCUT2D eigenvalue weighted by Gasteiger charge is -2.07. The highest BCUT2D eigenvalue weighted by molar-refractivity contribution is 6.29. The fourth-order valence-corrected chi connectivity index (χ4v) is 0.580. The highest BCUT2D eigenvalue weighted by atomic mass is 35.5. The quantitative estimate of drug-likeness (QED) is 0.420. The molecule has 0 heterocycles. The summed E-state index contributed by atoms with van der Waals surface area (Å²) < 4.78 is 0. The summed E-state index contributed by atoms with van der Waals surface area (Å²) in [4.78, 5) is -0.484. The smallest absolute Gasteiger partial charge is 0.0786 e. The Bertz CT molecular complexity index is 103. The van der Waals surface area contributed by atoms with Crippen molar-refractivity contribution in [2.24, 2.45) is 0 Å². The molecule has 0 aromatic rings. The molecule has 0 aliphatic rings. The van der Waals surface area contributed by atoms with Crippen molar-refractivity contribution in [3.05, 3.63) is 24.3 Å². The summed E-state index contributed by atoms with van der Waals surface area (Å²) in [6.07, 6.45) is 3.27. The summed E-state index contributed by atoms with van der Waals surface area (Å²) in [7, 11) is 0. The molecule has 0 aromatic heterocycles. The maximum absolute atomic E-state index is 5.73. The Labute approximate surface area is 59.8 Å². The second-order valence-corrected chi connectivity index (χ2v) is 2.71. The van der Waals surface area contributed by atoms with E-state index in [1.807, 2.05) is 0 Å². The van der Waals surface area contributed by atoms with Gasteiger partial charge in [-0.3, -0.25) is 0 Å². The summed E-state index contributed by atoms with van der Waals surface area (Å²) in [5.74, 6) is 0. The van der Waals surface area contributed by atoms with Gasteiger partial charge in [-0.05, 0) is 13.0 Å². The van der Waals surface area contributed by atoms with E-state index < -0.39 is 4.87 Å². The molecule has 0 aromatic carbocycles. The van der Waals surface area contributed by atoms with Gasteiger partial charge >= 0.3 is 0 Å². The lowest BCUT2D eigenvalue weighted by atomic mass is 10.2. The Kier molecular flexibility index (Phi) is 3.18. The van der Waals surface area contributed by atoms with Crippen molar-refractivity contribution in [1.29, 1.82) is 0 Å². The maximum atomic E-state index is 5.73. The van der Waals surface area contributed by atoms with Crippen LogP contribution >= 0.6 is 23.2 Å². The van der Waals surface area contributed by atoms with Gasteiger partial charge in [-0.25, -0.2) is 0 Å². The predicted octanol–water partition coefficient (Wildman–Crippen LogP) is 2.92. The van der Waals surface area contributed by atoms with Gasteiger partial charge in [0.15, 0.2) is 0 Å². The normalized spacial score (nSPS) is 18.4. The molecule has 0 saturated heterocycles. The highest BCUT2D eigenvalue weighted by Gasteiger charge is 2.08. The van der Waals surface area contributed by atoms with Crippen LogP contribution in [-0.4, -0.2) is 4.87 Å². The van der Waals surface area contributed by atoms with Gasteiger partial charge in [0, 0.05) is 5.54 Å². The summed E-state index contributed by atoms with van der Waals surface area (Å²) in [6, 6.07) is 0. The Morgan fingerprint density at radius 3 is 2.25 bits per heavy atom. The first-order chi connectivity index (χ1) is 3.62. The molecule has 46 valence electrons. The van der Waals surface area contributed by atoms with E-state index in [9.17, 15) is 0 Å². The molecule has 0 aliphatic carbocycles. The Balaban J connectivity index is 3.90. The third kappa shape index (κ3) is 3.11. The third-order valence-electron chi connectivity index (χ3n) is 0.788. The number of alkyl halides is 1. The number of allylic oxidation sites excluding steroid dienone is 2. The van der Waals surface area contributed by atoms with Crippen molar-refractivity contribution in [3.63, 3.8) is 0 Å². The molecule has 0 bridgehead atoms. The van der Waals surface area contributed by atoms with Crippen LogP contribution < -0.4 is 0 Å². The van der Waals surface area contributed by atoms with Gasteiger partial charge in [0.05, 0.1) is 4.87 Å². The molecule has 0 unspecified atom stereocenters. The summed E-state index contributed by atoms with van der Waals surface area (Å²) >= 11 is 11.0. The molecule has 2 heteroatoms. The fourth-order valence-electron chi connectivity index (χ4n) is 0.191. The molecular formula is C6H8Cl2. The molecule has 0 N–H and O–H groups in total. The summed E-state index contributed by atoms with van der Waals surface area (Å²) in [6.45, 7) is 5.32. The largest absolute Gasteiger partial charge is 0.110 e. The third-order valence-corrected chi connectivity index (χ3v) is 1.19. The standard InChI is InChI=1S/C6H8Cl2/c1-3-6(2,8)4-5-7/h3-5H,1H2,2H3/b5-4+/t6-/m0/s1. The first kappa shape index (κ1) is 8.06. The van der Waals surface area contributed by atoms with E-state index in [0.717, 1.165) is 0 Å². The second-order valence-electron chi connectivity index (χ2n) is 1.65. The van der Waals surface area contributed by atoms with Crippen LogP contribution in [0.25, 0.3) is 0 Å². The van der Waals surface area contributed by atoms with Crippen LogP contribution in [0, 0.1) is 0 Å². The van der Waals surface area contributed by atoms with Gasteiger partial charge in [-0.2, -0.15) is 0 Å². The van der Waals surface area contributed by atoms with Crippen molar-refractivity contribution < 1.29 is 0 Å². The Hall–Kier alpha value is 0.0600. The van der Waals surface area contributed by atoms with Gasteiger partial charge in [-0.15, -0.1) is 18.2 Å². The number of hydrogen-bond acceptors (Lipinski definition) is 0. The van der Waals surface area contributed by atoms with Crippen molar-refractivity contribution in [3.8, 4) is 0 Å². The van der Waals surface area contributed by atoms with E-state index in [-0.39, 0.29) is 0 Å². The van der Waals surface area contributed by atoms with Crippen LogP contribution in [0.3, 0.4) is 0 Å². The van der Waals surface area contributed by atoms with Crippen molar-refractivity contribution in [1.82, 2.24) is 0 Å². The van der Waals surface area contributed by atoms with Gasteiger partial charge in [-0.1, -0.05) is 17.7 Å². The van der Waals surface area contributed by atoms with Crippen LogP contribution in [0.15, 0.2) is 24.3 Å². The molecule has 0 saturated carbocycles. The molecular weight excluding hydrogens is 143 g/mol. The van der Waals surface area contributed by atoms with Crippen LogP contribution in [-0.2, 0) is 0 Å². The molecule has 0 fully saturated rings. The SMILES string of the molecule is C=C[C@](C)(Cl)/C=C/Cl. The summed E-state index contributed by atoms with van der Waals surface area (Å²) in [5, 5.41) is 0. The number of hydrogen-bond donors (Lipinski definition) is 0. The zero-order valence-electron chi connectivity index (χ0n) is 4.70. The molecule has 0 rings (SSSR count). The van der Waals surface area contributed by atoms with E-state index in [1.54, 1.807) is 19.1 Å². The topological polar surface area (TPSA) is 0 Å². The van der Waals surface area contributed by atoms with E-state index in [2.05, 4.69) is 6.58 Å². The molecule has 1 atom stereocenters. The van der Waals surface area contributed by atoms with E-state index >= 15 is 0 Å². The molecule has 8 heavy (non-hydrogen) atoms. The zero-order valence-corrected chi connectivity index (χ0v) is 6.21. The molecule has 0 amide bonds. The number of halogens is 2. The first-order valence-electron chi connectivity index (χ1n) is 2.23. The molecule has 0 nitrogen and oxygen atoms in total. The second kappa shape index (κ2) is 3.16. The van der Waals surface area contributed by atoms with Gasteiger partial charge in [0.2, 0.25) is 0 Å². The average molecular weight is 151 g/mol. The van der Waals surface area contributed by atoms with Gasteiger partial charge < -0.3 is 0 Å². The van der Waals surface area contributed by atoms with E-state index in [4.69, 9.17) is 23.2 Å². The fraction of sp³-hybridized carbons (Fsp3) is 0.333. The minimum atomic E-state index is -0.484. The lowest BCUT2D eigenvalue weighted by molar-refractivity contribution is 0.997. The molecule has 0 aliphatic heterocycles. The highest BCUT2D eigenvalue weighted by Crippen LogP contribution is 2.16. The van der Waals surface area contributed by atoms with Crippen molar-refractivity contribution in [2.75, 3.05) is 0 Å². The van der Waals surface area contributed by atoms with E-state index in [1.165, 1.54) is 5.54 Å². The summed E-state index contributed by atoms with van der Waals surface area (Å²) in [5.41, 5.74) is 1.38. The van der Waals surface area contributed by atoms with Crippen LogP contribution in [0.2, 0.25) is 0 Å². The van der Waals surface area contributed by atoms with Crippen LogP contribution in [0.4, 0.5) is 0 Å². The van der Waals surface area contributed by atoms with Crippen LogP contribution in [0.1, 0.15) is 6.92 Å². The number of rotatable bonds is 2. The van der Waals surface area contributed by atoms with Crippen LogP contribution in [0.5, 0.6) is 0 Å². The van der Waals surface area contributed by atoms with Crippen molar-refractivity contribution in [2.45, 2.75) is 11.8 Å². The predicted molar refractivity (Wildman–Crippen MR) is 39.4 cm³/mol. The monoisotopic (exact) mass is 150 g/mol. The average Bonchev–Trinajstić information content (AvgIpc) is 1.67. The Morgan fingerprint density at radius 1 is 1.62 bits per heavy atom. The Morgan fingerprint density at radius 2 is 2.12 bits per heavy atom. The van der Waals surface area contributed by atoms with Gasteiger partial charge in [0.1, 0.15) is 0 Å². The zero-order chi connectivity index (χ0) is 6.62. The lowest BCUT2D eigenvalue weighted by Crippen LogP contribution is -2.05. The van der Waals surface area contributed by atoms with Crippen molar-refractivity contribution >= 4 is 23.2 Å². The van der Waals surface area contributed by atoms with E-state index in [0.29, 0.717) is 0 Å². The molecule has 0 radical (unpaired) electrons.